The third kappa shape index (κ3) is 2.27. The van der Waals surface area contributed by atoms with Crippen LogP contribution in [0.5, 0.6) is 11.5 Å². The monoisotopic (exact) mass is 210 g/mol. The van der Waals surface area contributed by atoms with Crippen molar-refractivity contribution in [3.63, 3.8) is 0 Å². The number of rotatable bonds is 4. The highest BCUT2D eigenvalue weighted by Crippen LogP contribution is 2.31. The molecule has 0 radical (unpaired) electrons. The zero-order valence-electron chi connectivity index (χ0n) is 8.98. The van der Waals surface area contributed by atoms with Gasteiger partial charge in [0.25, 0.3) is 0 Å². The van der Waals surface area contributed by atoms with Gasteiger partial charge in [0, 0.05) is 11.6 Å². The summed E-state index contributed by atoms with van der Waals surface area (Å²) in [6.45, 7) is 1.41. The van der Waals surface area contributed by atoms with Crippen LogP contribution in [0.2, 0.25) is 0 Å². The molecule has 15 heavy (non-hydrogen) atoms. The number of hydrogen-bond donors (Lipinski definition) is 1. The molecule has 0 aliphatic carbocycles. The van der Waals surface area contributed by atoms with Crippen LogP contribution in [0.25, 0.3) is 0 Å². The molecule has 1 aromatic rings. The number of methoxy groups -OCH3 is 2. The van der Waals surface area contributed by atoms with Crippen molar-refractivity contribution in [2.24, 2.45) is 0 Å². The summed E-state index contributed by atoms with van der Waals surface area (Å²) < 4.78 is 10.1. The summed E-state index contributed by atoms with van der Waals surface area (Å²) in [4.78, 5) is 10.7. The van der Waals surface area contributed by atoms with E-state index in [9.17, 15) is 9.90 Å². The van der Waals surface area contributed by atoms with Crippen LogP contribution in [-0.4, -0.2) is 25.6 Å². The van der Waals surface area contributed by atoms with Gasteiger partial charge in [-0.15, -0.1) is 0 Å². The first-order chi connectivity index (χ1) is 7.05. The predicted octanol–water partition coefficient (Wildman–Crippen LogP) is 1.11. The van der Waals surface area contributed by atoms with Crippen LogP contribution in [0.1, 0.15) is 12.5 Å². The summed E-state index contributed by atoms with van der Waals surface area (Å²) in [5.41, 5.74) is -1.13. The van der Waals surface area contributed by atoms with Crippen molar-refractivity contribution in [1.29, 1.82) is 0 Å². The fraction of sp³-hybridized carbons (Fsp3) is 0.364. The molecule has 82 valence electrons. The first kappa shape index (κ1) is 11.5. The maximum atomic E-state index is 10.7. The van der Waals surface area contributed by atoms with E-state index in [1.54, 1.807) is 18.2 Å². The number of ether oxygens (including phenoxy) is 2. The molecule has 4 heteroatoms. The van der Waals surface area contributed by atoms with Gasteiger partial charge in [-0.1, -0.05) is 0 Å². The molecule has 0 bridgehead atoms. The SMILES string of the molecule is COc1ccc(C(C)(O)C=O)c(OC)c1. The molecule has 0 heterocycles. The van der Waals surface area contributed by atoms with E-state index in [2.05, 4.69) is 0 Å². The summed E-state index contributed by atoms with van der Waals surface area (Å²) in [6.07, 6.45) is 0.470. The average molecular weight is 210 g/mol. The summed E-state index contributed by atoms with van der Waals surface area (Å²) >= 11 is 0. The standard InChI is InChI=1S/C11H14O4/c1-11(13,7-12)9-5-4-8(14-2)6-10(9)15-3/h4-7,13H,1-3H3. The van der Waals surface area contributed by atoms with Crippen molar-refractivity contribution in [2.45, 2.75) is 12.5 Å². The van der Waals surface area contributed by atoms with Crippen LogP contribution >= 0.6 is 0 Å². The van der Waals surface area contributed by atoms with Gasteiger partial charge >= 0.3 is 0 Å². The third-order valence-corrected chi connectivity index (χ3v) is 2.18. The van der Waals surface area contributed by atoms with Crippen molar-refractivity contribution in [3.05, 3.63) is 23.8 Å². The maximum Gasteiger partial charge on any atom is 0.155 e. The lowest BCUT2D eigenvalue weighted by atomic mass is 9.96. The molecule has 1 unspecified atom stereocenters. The molecule has 0 spiro atoms. The maximum absolute atomic E-state index is 10.7. The molecule has 1 N–H and O–H groups in total. The Hall–Kier alpha value is -1.55. The summed E-state index contributed by atoms with van der Waals surface area (Å²) in [7, 11) is 3.01. The van der Waals surface area contributed by atoms with Crippen LogP contribution in [-0.2, 0) is 10.4 Å². The summed E-state index contributed by atoms with van der Waals surface area (Å²) in [5, 5.41) is 9.78. The van der Waals surface area contributed by atoms with E-state index in [0.29, 0.717) is 23.3 Å². The quantitative estimate of drug-likeness (QED) is 0.756. The lowest BCUT2D eigenvalue weighted by molar-refractivity contribution is -0.123. The Kier molecular flexibility index (Phi) is 3.31. The Balaban J connectivity index is 3.24. The summed E-state index contributed by atoms with van der Waals surface area (Å²) in [5.74, 6) is 1.03. The van der Waals surface area contributed by atoms with E-state index < -0.39 is 5.60 Å². The van der Waals surface area contributed by atoms with Crippen molar-refractivity contribution < 1.29 is 19.4 Å². The average Bonchev–Trinajstić information content (AvgIpc) is 2.28. The molecule has 0 aromatic heterocycles. The van der Waals surface area contributed by atoms with E-state index in [4.69, 9.17) is 9.47 Å². The van der Waals surface area contributed by atoms with Gasteiger partial charge in [0.05, 0.1) is 14.2 Å². The van der Waals surface area contributed by atoms with Gasteiger partial charge in [-0.05, 0) is 19.1 Å². The molecule has 0 aliphatic heterocycles. The molecule has 4 nitrogen and oxygen atoms in total. The van der Waals surface area contributed by atoms with Crippen molar-refractivity contribution in [2.75, 3.05) is 14.2 Å². The molecular formula is C11H14O4. The van der Waals surface area contributed by atoms with Gasteiger partial charge in [0.2, 0.25) is 0 Å². The first-order valence-electron chi connectivity index (χ1n) is 4.46. The Morgan fingerprint density at radius 1 is 1.33 bits per heavy atom. The zero-order chi connectivity index (χ0) is 11.5. The van der Waals surface area contributed by atoms with Crippen LogP contribution in [0.15, 0.2) is 18.2 Å². The number of carbonyl (C=O) groups excluding carboxylic acids is 1. The van der Waals surface area contributed by atoms with Crippen LogP contribution in [0.3, 0.4) is 0 Å². The molecule has 0 saturated carbocycles. The Labute approximate surface area is 88.4 Å². The van der Waals surface area contributed by atoms with Crippen LogP contribution in [0.4, 0.5) is 0 Å². The highest BCUT2D eigenvalue weighted by Gasteiger charge is 2.26. The normalized spacial score (nSPS) is 14.1. The second-order valence-corrected chi connectivity index (χ2v) is 3.33. The van der Waals surface area contributed by atoms with Crippen LogP contribution < -0.4 is 9.47 Å². The number of carbonyl (C=O) groups is 1. The van der Waals surface area contributed by atoms with Gasteiger partial charge in [-0.2, -0.15) is 0 Å². The van der Waals surface area contributed by atoms with Crippen molar-refractivity contribution >= 4 is 6.29 Å². The lowest BCUT2D eigenvalue weighted by Gasteiger charge is -2.19. The minimum atomic E-state index is -1.54. The number of aliphatic hydroxyl groups is 1. The van der Waals surface area contributed by atoms with Crippen molar-refractivity contribution in [1.82, 2.24) is 0 Å². The molecule has 1 rings (SSSR count). The number of benzene rings is 1. The minimum absolute atomic E-state index is 0.417. The molecule has 0 fully saturated rings. The Bertz CT molecular complexity index is 358. The highest BCUT2D eigenvalue weighted by atomic mass is 16.5. The smallest absolute Gasteiger partial charge is 0.155 e. The number of aldehydes is 1. The number of hydrogen-bond acceptors (Lipinski definition) is 4. The van der Waals surface area contributed by atoms with Crippen molar-refractivity contribution in [3.8, 4) is 11.5 Å². The largest absolute Gasteiger partial charge is 0.497 e. The second kappa shape index (κ2) is 4.31. The topological polar surface area (TPSA) is 55.8 Å². The molecule has 0 aliphatic rings. The van der Waals surface area contributed by atoms with Crippen LogP contribution in [0, 0.1) is 0 Å². The fourth-order valence-electron chi connectivity index (χ4n) is 1.28. The van der Waals surface area contributed by atoms with Gasteiger partial charge < -0.3 is 14.6 Å². The zero-order valence-corrected chi connectivity index (χ0v) is 8.98. The van der Waals surface area contributed by atoms with Gasteiger partial charge in [0.15, 0.2) is 6.29 Å². The van der Waals surface area contributed by atoms with E-state index in [-0.39, 0.29) is 0 Å². The lowest BCUT2D eigenvalue weighted by Crippen LogP contribution is -2.23. The molecular weight excluding hydrogens is 196 g/mol. The second-order valence-electron chi connectivity index (χ2n) is 3.33. The molecule has 0 saturated heterocycles. The molecule has 1 atom stereocenters. The fourth-order valence-corrected chi connectivity index (χ4v) is 1.28. The van der Waals surface area contributed by atoms with E-state index in [1.807, 2.05) is 0 Å². The Morgan fingerprint density at radius 3 is 2.47 bits per heavy atom. The summed E-state index contributed by atoms with van der Waals surface area (Å²) in [6, 6.07) is 4.88. The molecule has 1 aromatic carbocycles. The highest BCUT2D eigenvalue weighted by molar-refractivity contribution is 5.67. The van der Waals surface area contributed by atoms with Gasteiger partial charge in [0.1, 0.15) is 17.1 Å². The predicted molar refractivity (Wildman–Crippen MR) is 55.2 cm³/mol. The Morgan fingerprint density at radius 2 is 2.00 bits per heavy atom. The van der Waals surface area contributed by atoms with E-state index in [0.717, 1.165) is 0 Å². The van der Waals surface area contributed by atoms with E-state index >= 15 is 0 Å². The first-order valence-corrected chi connectivity index (χ1v) is 4.46. The molecule has 0 amide bonds. The van der Waals surface area contributed by atoms with Gasteiger partial charge in [-0.3, -0.25) is 4.79 Å². The minimum Gasteiger partial charge on any atom is -0.497 e. The van der Waals surface area contributed by atoms with Gasteiger partial charge in [-0.25, -0.2) is 0 Å². The third-order valence-electron chi connectivity index (χ3n) is 2.18. The van der Waals surface area contributed by atoms with E-state index in [1.165, 1.54) is 21.1 Å².